The minimum atomic E-state index is -0.312. The van der Waals surface area contributed by atoms with E-state index in [1.54, 1.807) is 0 Å². The molecule has 5 heteroatoms. The van der Waals surface area contributed by atoms with Gasteiger partial charge in [-0.25, -0.2) is 4.79 Å². The molecule has 1 heterocycles. The van der Waals surface area contributed by atoms with E-state index in [0.29, 0.717) is 13.0 Å². The van der Waals surface area contributed by atoms with E-state index in [1.165, 1.54) is 16.8 Å². The Kier molecular flexibility index (Phi) is 3.64. The first-order valence-corrected chi connectivity index (χ1v) is 4.62. The van der Waals surface area contributed by atoms with Gasteiger partial charge in [0.25, 0.3) is 5.56 Å². The van der Waals surface area contributed by atoms with Crippen molar-refractivity contribution in [1.82, 2.24) is 9.13 Å². The van der Waals surface area contributed by atoms with Crippen LogP contribution in [0.2, 0.25) is 0 Å². The van der Waals surface area contributed by atoms with Crippen LogP contribution in [0.5, 0.6) is 0 Å². The second kappa shape index (κ2) is 4.76. The lowest BCUT2D eigenvalue weighted by molar-refractivity contribution is 0.277. The summed E-state index contributed by atoms with van der Waals surface area (Å²) in [5.41, 5.74) is -0.624. The summed E-state index contributed by atoms with van der Waals surface area (Å²) in [5, 5.41) is 8.61. The zero-order valence-corrected chi connectivity index (χ0v) is 8.14. The molecule has 0 aromatic carbocycles. The third kappa shape index (κ3) is 2.11. The third-order valence-electron chi connectivity index (χ3n) is 2.02. The number of hydrogen-bond acceptors (Lipinski definition) is 3. The lowest BCUT2D eigenvalue weighted by atomic mass is 10.4. The van der Waals surface area contributed by atoms with Crippen molar-refractivity contribution < 1.29 is 5.11 Å². The Balaban J connectivity index is 3.13. The van der Waals surface area contributed by atoms with Gasteiger partial charge in [-0.2, -0.15) is 0 Å². The van der Waals surface area contributed by atoms with Gasteiger partial charge in [0.15, 0.2) is 0 Å². The molecule has 0 fully saturated rings. The normalized spacial score (nSPS) is 10.4. The molecule has 0 atom stereocenters. The minimum Gasteiger partial charge on any atom is -0.396 e. The fourth-order valence-corrected chi connectivity index (χ4v) is 1.23. The molecule has 0 aliphatic carbocycles. The van der Waals surface area contributed by atoms with Crippen molar-refractivity contribution in [2.75, 3.05) is 6.61 Å². The van der Waals surface area contributed by atoms with Gasteiger partial charge >= 0.3 is 5.69 Å². The molecule has 78 valence electrons. The fourth-order valence-electron chi connectivity index (χ4n) is 1.23. The highest BCUT2D eigenvalue weighted by molar-refractivity contribution is 4.85. The van der Waals surface area contributed by atoms with Crippen LogP contribution in [0.4, 0.5) is 0 Å². The maximum absolute atomic E-state index is 11.6. The van der Waals surface area contributed by atoms with Crippen LogP contribution in [0.15, 0.2) is 21.9 Å². The molecular formula is C9H14N2O3. The van der Waals surface area contributed by atoms with Gasteiger partial charge in [0.1, 0.15) is 0 Å². The monoisotopic (exact) mass is 198 g/mol. The van der Waals surface area contributed by atoms with Crippen molar-refractivity contribution in [2.45, 2.75) is 26.4 Å². The zero-order chi connectivity index (χ0) is 10.6. The first kappa shape index (κ1) is 10.7. The van der Waals surface area contributed by atoms with Gasteiger partial charge in [0.2, 0.25) is 0 Å². The predicted molar refractivity (Wildman–Crippen MR) is 52.3 cm³/mol. The summed E-state index contributed by atoms with van der Waals surface area (Å²) in [7, 11) is 0. The van der Waals surface area contributed by atoms with Crippen LogP contribution < -0.4 is 11.2 Å². The van der Waals surface area contributed by atoms with Gasteiger partial charge in [0.05, 0.1) is 0 Å². The molecule has 0 bridgehead atoms. The molecule has 14 heavy (non-hydrogen) atoms. The standard InChI is InChI=1S/C9H14N2O3/c1-2-10-6-4-8(13)11(9(10)14)5-3-7-12/h4,6,12H,2-3,5,7H2,1H3. The van der Waals surface area contributed by atoms with Crippen molar-refractivity contribution >= 4 is 0 Å². The van der Waals surface area contributed by atoms with Gasteiger partial charge < -0.3 is 9.67 Å². The molecule has 0 spiro atoms. The first-order chi connectivity index (χ1) is 6.70. The van der Waals surface area contributed by atoms with Crippen LogP contribution in [0.25, 0.3) is 0 Å². The molecule has 0 saturated carbocycles. The second-order valence-electron chi connectivity index (χ2n) is 2.95. The van der Waals surface area contributed by atoms with Crippen LogP contribution in [-0.2, 0) is 13.1 Å². The molecular weight excluding hydrogens is 184 g/mol. The molecule has 5 nitrogen and oxygen atoms in total. The third-order valence-corrected chi connectivity index (χ3v) is 2.02. The van der Waals surface area contributed by atoms with E-state index >= 15 is 0 Å². The number of aryl methyl sites for hydroxylation is 1. The van der Waals surface area contributed by atoms with Gasteiger partial charge in [-0.15, -0.1) is 0 Å². The highest BCUT2D eigenvalue weighted by Crippen LogP contribution is 1.82. The molecule has 1 aromatic heterocycles. The molecule has 0 aliphatic heterocycles. The molecule has 0 radical (unpaired) electrons. The van der Waals surface area contributed by atoms with Crippen LogP contribution in [0.3, 0.4) is 0 Å². The van der Waals surface area contributed by atoms with Gasteiger partial charge in [0, 0.05) is 32.0 Å². The summed E-state index contributed by atoms with van der Waals surface area (Å²) in [6, 6.07) is 1.36. The van der Waals surface area contributed by atoms with E-state index in [2.05, 4.69) is 0 Å². The summed E-state index contributed by atoms with van der Waals surface area (Å²) in [6.45, 7) is 2.63. The maximum atomic E-state index is 11.6. The summed E-state index contributed by atoms with van der Waals surface area (Å²) in [6.07, 6.45) is 1.91. The van der Waals surface area contributed by atoms with Crippen molar-refractivity contribution in [1.29, 1.82) is 0 Å². The smallest absolute Gasteiger partial charge is 0.330 e. The van der Waals surface area contributed by atoms with Crippen LogP contribution >= 0.6 is 0 Å². The molecule has 0 aliphatic rings. The second-order valence-corrected chi connectivity index (χ2v) is 2.95. The highest BCUT2D eigenvalue weighted by atomic mass is 16.3. The summed E-state index contributed by atoms with van der Waals surface area (Å²) in [5.74, 6) is 0. The van der Waals surface area contributed by atoms with Crippen molar-refractivity contribution in [2.24, 2.45) is 0 Å². The number of rotatable bonds is 4. The molecule has 0 amide bonds. The Morgan fingerprint density at radius 3 is 2.71 bits per heavy atom. The average molecular weight is 198 g/mol. The topological polar surface area (TPSA) is 64.2 Å². The van der Waals surface area contributed by atoms with Gasteiger partial charge in [-0.05, 0) is 13.3 Å². The number of nitrogens with zero attached hydrogens (tertiary/aromatic N) is 2. The lowest BCUT2D eigenvalue weighted by Gasteiger charge is -2.06. The highest BCUT2D eigenvalue weighted by Gasteiger charge is 2.02. The Morgan fingerprint density at radius 2 is 2.14 bits per heavy atom. The Labute approximate surface area is 81.2 Å². The van der Waals surface area contributed by atoms with Crippen LogP contribution in [-0.4, -0.2) is 20.8 Å². The molecule has 0 saturated heterocycles. The number of hydrogen-bond donors (Lipinski definition) is 1. The SMILES string of the molecule is CCn1ccc(=O)n(CCCO)c1=O. The summed E-state index contributed by atoms with van der Waals surface area (Å²) < 4.78 is 2.60. The Bertz CT molecular complexity index is 405. The molecule has 1 N–H and O–H groups in total. The van der Waals surface area contributed by atoms with Crippen LogP contribution in [0.1, 0.15) is 13.3 Å². The Hall–Kier alpha value is -1.36. The minimum absolute atomic E-state index is 0.0209. The van der Waals surface area contributed by atoms with Crippen molar-refractivity contribution in [3.63, 3.8) is 0 Å². The number of aliphatic hydroxyl groups excluding tert-OH is 1. The molecule has 1 aromatic rings. The van der Waals surface area contributed by atoms with E-state index in [4.69, 9.17) is 5.11 Å². The summed E-state index contributed by atoms with van der Waals surface area (Å²) in [4.78, 5) is 22.9. The quantitative estimate of drug-likeness (QED) is 0.703. The van der Waals surface area contributed by atoms with E-state index in [-0.39, 0.29) is 24.4 Å². The predicted octanol–water partition coefficient (Wildman–Crippen LogP) is -0.588. The fraction of sp³-hybridized carbons (Fsp3) is 0.556. The van der Waals surface area contributed by atoms with Crippen molar-refractivity contribution in [3.05, 3.63) is 33.1 Å². The maximum Gasteiger partial charge on any atom is 0.330 e. The lowest BCUT2D eigenvalue weighted by Crippen LogP contribution is -2.38. The van der Waals surface area contributed by atoms with E-state index < -0.39 is 0 Å². The van der Waals surface area contributed by atoms with Gasteiger partial charge in [-0.1, -0.05) is 0 Å². The van der Waals surface area contributed by atoms with Crippen LogP contribution in [0, 0.1) is 0 Å². The average Bonchev–Trinajstić information content (AvgIpc) is 2.18. The van der Waals surface area contributed by atoms with E-state index in [9.17, 15) is 9.59 Å². The van der Waals surface area contributed by atoms with E-state index in [1.807, 2.05) is 6.92 Å². The largest absolute Gasteiger partial charge is 0.396 e. The zero-order valence-electron chi connectivity index (χ0n) is 8.14. The van der Waals surface area contributed by atoms with E-state index in [0.717, 1.165) is 4.57 Å². The molecule has 1 rings (SSSR count). The number of aliphatic hydroxyl groups is 1. The van der Waals surface area contributed by atoms with Gasteiger partial charge in [-0.3, -0.25) is 9.36 Å². The molecule has 0 unspecified atom stereocenters. The number of aromatic nitrogens is 2. The summed E-state index contributed by atoms with van der Waals surface area (Å²) >= 11 is 0. The van der Waals surface area contributed by atoms with Crippen molar-refractivity contribution in [3.8, 4) is 0 Å². The Morgan fingerprint density at radius 1 is 1.43 bits per heavy atom. The first-order valence-electron chi connectivity index (χ1n) is 4.62.